The smallest absolute Gasteiger partial charge is 0.240 e. The van der Waals surface area contributed by atoms with Crippen LogP contribution in [0.1, 0.15) is 11.1 Å². The molecule has 0 saturated heterocycles. The molecule has 0 fully saturated rings. The number of nitrogens with zero attached hydrogens (tertiary/aromatic N) is 1. The average molecular weight is 518 g/mol. The van der Waals surface area contributed by atoms with Gasteiger partial charge in [-0.15, -0.1) is 24.0 Å². The first-order valence-corrected chi connectivity index (χ1v) is 10.1. The van der Waals surface area contributed by atoms with Crippen LogP contribution in [0.3, 0.4) is 0 Å². The Kier molecular flexibility index (Phi) is 10.3. The molecule has 0 bridgehead atoms. The first-order valence-electron chi connectivity index (χ1n) is 8.61. The van der Waals surface area contributed by atoms with Crippen LogP contribution >= 0.6 is 24.0 Å². The van der Waals surface area contributed by atoms with Gasteiger partial charge in [0.1, 0.15) is 12.4 Å². The second-order valence-corrected chi connectivity index (χ2v) is 7.76. The lowest BCUT2D eigenvalue weighted by atomic mass is 10.2. The van der Waals surface area contributed by atoms with Crippen LogP contribution in [0.25, 0.3) is 0 Å². The lowest BCUT2D eigenvalue weighted by Crippen LogP contribution is -2.38. The van der Waals surface area contributed by atoms with Crippen LogP contribution < -0.4 is 20.1 Å². The number of aryl methyl sites for hydroxylation is 1. The van der Waals surface area contributed by atoms with E-state index in [4.69, 9.17) is 4.74 Å². The third-order valence-corrected chi connectivity index (χ3v) is 5.26. The lowest BCUT2D eigenvalue weighted by Gasteiger charge is -2.13. The normalized spacial score (nSPS) is 11.5. The highest BCUT2D eigenvalue weighted by atomic mass is 127. The number of guanidine groups is 1. The highest BCUT2D eigenvalue weighted by Gasteiger charge is 2.11. The molecule has 28 heavy (non-hydrogen) atoms. The monoisotopic (exact) mass is 518 g/mol. The third-order valence-electron chi connectivity index (χ3n) is 3.85. The summed E-state index contributed by atoms with van der Waals surface area (Å²) in [6, 6.07) is 14.7. The molecule has 0 aliphatic rings. The van der Waals surface area contributed by atoms with E-state index in [1.165, 1.54) is 12.6 Å². The molecule has 0 radical (unpaired) electrons. The van der Waals surface area contributed by atoms with Crippen molar-refractivity contribution in [3.63, 3.8) is 0 Å². The number of benzene rings is 2. The van der Waals surface area contributed by atoms with Crippen molar-refractivity contribution >= 4 is 40.0 Å². The minimum absolute atomic E-state index is 0. The number of aliphatic imine (C=N–C) groups is 1. The van der Waals surface area contributed by atoms with Crippen molar-refractivity contribution in [2.24, 2.45) is 4.99 Å². The minimum atomic E-state index is -3.45. The van der Waals surface area contributed by atoms with Crippen molar-refractivity contribution in [1.29, 1.82) is 0 Å². The van der Waals surface area contributed by atoms with Crippen molar-refractivity contribution in [1.82, 2.24) is 15.4 Å². The Morgan fingerprint density at radius 1 is 1.11 bits per heavy atom. The maximum absolute atomic E-state index is 11.9. The molecule has 0 unspecified atom stereocenters. The van der Waals surface area contributed by atoms with Crippen molar-refractivity contribution in [2.45, 2.75) is 18.4 Å². The minimum Gasteiger partial charge on any atom is -0.492 e. The molecule has 3 N–H and O–H groups in total. The predicted molar refractivity (Wildman–Crippen MR) is 123 cm³/mol. The molecule has 154 valence electrons. The molecular weight excluding hydrogens is 491 g/mol. The van der Waals surface area contributed by atoms with Gasteiger partial charge in [-0.1, -0.05) is 29.8 Å². The first kappa shape index (κ1) is 24.2. The van der Waals surface area contributed by atoms with E-state index < -0.39 is 10.0 Å². The zero-order valence-corrected chi connectivity index (χ0v) is 19.4. The molecule has 0 atom stereocenters. The van der Waals surface area contributed by atoms with Crippen LogP contribution in [0, 0.1) is 6.92 Å². The van der Waals surface area contributed by atoms with Gasteiger partial charge < -0.3 is 15.4 Å². The molecule has 0 aromatic heterocycles. The predicted octanol–water partition coefficient (Wildman–Crippen LogP) is 2.27. The van der Waals surface area contributed by atoms with Crippen molar-refractivity contribution in [3.8, 4) is 5.75 Å². The Morgan fingerprint density at radius 2 is 1.82 bits per heavy atom. The summed E-state index contributed by atoms with van der Waals surface area (Å²) in [5.74, 6) is 1.44. The summed E-state index contributed by atoms with van der Waals surface area (Å²) in [5.41, 5.74) is 2.03. The number of sulfonamides is 1. The fourth-order valence-corrected chi connectivity index (χ4v) is 3.12. The number of hydrogen-bond acceptors (Lipinski definition) is 4. The van der Waals surface area contributed by atoms with Gasteiger partial charge >= 0.3 is 0 Å². The van der Waals surface area contributed by atoms with Crippen molar-refractivity contribution < 1.29 is 13.2 Å². The fraction of sp³-hybridized carbons (Fsp3) is 0.316. The van der Waals surface area contributed by atoms with Crippen LogP contribution in [-0.4, -0.2) is 41.6 Å². The lowest BCUT2D eigenvalue weighted by molar-refractivity contribution is 0.322. The summed E-state index contributed by atoms with van der Waals surface area (Å²) >= 11 is 0. The summed E-state index contributed by atoms with van der Waals surface area (Å²) in [7, 11) is -0.380. The summed E-state index contributed by atoms with van der Waals surface area (Å²) in [4.78, 5) is 4.39. The van der Waals surface area contributed by atoms with Crippen LogP contribution in [0.2, 0.25) is 0 Å². The second-order valence-electron chi connectivity index (χ2n) is 5.87. The Morgan fingerprint density at radius 3 is 2.46 bits per heavy atom. The standard InChI is InChI=1S/C19H26N4O3S.HI/c1-15-7-9-17(10-8-15)26-12-11-22-19(20-2)23-14-16-5-4-6-18(13-16)27(24,25)21-3;/h4-10,13,21H,11-12,14H2,1-3H3,(H2,20,22,23);1H. The number of halogens is 1. The van der Waals surface area contributed by atoms with E-state index in [-0.39, 0.29) is 28.9 Å². The molecule has 0 aliphatic carbocycles. The van der Waals surface area contributed by atoms with Gasteiger partial charge in [0, 0.05) is 13.6 Å². The van der Waals surface area contributed by atoms with Gasteiger partial charge in [0.15, 0.2) is 5.96 Å². The molecule has 7 nitrogen and oxygen atoms in total. The summed E-state index contributed by atoms with van der Waals surface area (Å²) in [5, 5.41) is 6.32. The second kappa shape index (κ2) is 11.9. The van der Waals surface area contributed by atoms with Crippen LogP contribution in [0.15, 0.2) is 58.4 Å². The number of nitrogens with one attached hydrogen (secondary N) is 3. The number of ether oxygens (including phenoxy) is 1. The van der Waals surface area contributed by atoms with Crippen LogP contribution in [0.4, 0.5) is 0 Å². The van der Waals surface area contributed by atoms with Gasteiger partial charge in [-0.05, 0) is 43.8 Å². The molecule has 0 aliphatic heterocycles. The largest absolute Gasteiger partial charge is 0.492 e. The summed E-state index contributed by atoms with van der Waals surface area (Å²) < 4.78 is 31.7. The SMILES string of the molecule is CN=C(NCCOc1ccc(C)cc1)NCc1cccc(S(=O)(=O)NC)c1.I. The third kappa shape index (κ3) is 7.64. The van der Waals surface area contributed by atoms with E-state index >= 15 is 0 Å². The van der Waals surface area contributed by atoms with Gasteiger partial charge in [-0.3, -0.25) is 4.99 Å². The van der Waals surface area contributed by atoms with E-state index in [2.05, 4.69) is 20.3 Å². The van der Waals surface area contributed by atoms with E-state index in [9.17, 15) is 8.42 Å². The molecule has 2 aromatic carbocycles. The number of hydrogen-bond donors (Lipinski definition) is 3. The van der Waals surface area contributed by atoms with E-state index in [0.717, 1.165) is 11.3 Å². The quantitative estimate of drug-likeness (QED) is 0.216. The highest BCUT2D eigenvalue weighted by Crippen LogP contribution is 2.11. The Bertz CT molecular complexity index is 871. The zero-order chi connectivity index (χ0) is 19.7. The summed E-state index contributed by atoms with van der Waals surface area (Å²) in [6.45, 7) is 3.57. The Hall–Kier alpha value is -1.85. The van der Waals surface area contributed by atoms with Gasteiger partial charge in [-0.2, -0.15) is 0 Å². The maximum atomic E-state index is 11.9. The molecule has 2 rings (SSSR count). The zero-order valence-electron chi connectivity index (χ0n) is 16.2. The molecule has 2 aromatic rings. The highest BCUT2D eigenvalue weighted by molar-refractivity contribution is 14.0. The van der Waals surface area contributed by atoms with Gasteiger partial charge in [0.25, 0.3) is 0 Å². The molecule has 0 amide bonds. The van der Waals surface area contributed by atoms with E-state index in [1.54, 1.807) is 25.2 Å². The molecule has 0 heterocycles. The Labute approximate surface area is 184 Å². The molecular formula is C19H27IN4O3S. The van der Waals surface area contributed by atoms with E-state index in [0.29, 0.717) is 25.7 Å². The Balaban J connectivity index is 0.00000392. The molecule has 0 saturated carbocycles. The number of rotatable bonds is 8. The summed E-state index contributed by atoms with van der Waals surface area (Å²) in [6.07, 6.45) is 0. The topological polar surface area (TPSA) is 91.8 Å². The van der Waals surface area contributed by atoms with Gasteiger partial charge in [0.2, 0.25) is 10.0 Å². The van der Waals surface area contributed by atoms with Gasteiger partial charge in [-0.25, -0.2) is 13.1 Å². The van der Waals surface area contributed by atoms with Crippen LogP contribution in [0.5, 0.6) is 5.75 Å². The first-order chi connectivity index (χ1) is 12.9. The van der Waals surface area contributed by atoms with Crippen molar-refractivity contribution in [2.75, 3.05) is 27.2 Å². The van der Waals surface area contributed by atoms with Crippen LogP contribution in [-0.2, 0) is 16.6 Å². The average Bonchev–Trinajstić information content (AvgIpc) is 2.69. The van der Waals surface area contributed by atoms with E-state index in [1.807, 2.05) is 37.3 Å². The maximum Gasteiger partial charge on any atom is 0.240 e. The van der Waals surface area contributed by atoms with Gasteiger partial charge in [0.05, 0.1) is 11.4 Å². The van der Waals surface area contributed by atoms with Crippen molar-refractivity contribution in [3.05, 3.63) is 59.7 Å². The molecule has 0 spiro atoms. The fourth-order valence-electron chi connectivity index (χ4n) is 2.32. The molecule has 9 heteroatoms.